The lowest BCUT2D eigenvalue weighted by atomic mass is 9.88. The molecular weight excluding hydrogens is 411 g/mol. The van der Waals surface area contributed by atoms with Gasteiger partial charge in [-0.2, -0.15) is 5.26 Å². The first kappa shape index (κ1) is 17.8. The molecule has 0 saturated carbocycles. The topological polar surface area (TPSA) is 101 Å². The highest BCUT2D eigenvalue weighted by Gasteiger charge is 2.36. The predicted octanol–water partition coefficient (Wildman–Crippen LogP) is 5.16. The molecule has 3 aromatic rings. The van der Waals surface area contributed by atoms with Gasteiger partial charge in [-0.1, -0.05) is 34.8 Å². The molecule has 0 amide bonds. The summed E-state index contributed by atoms with van der Waals surface area (Å²) in [6.07, 6.45) is 0. The van der Waals surface area contributed by atoms with Gasteiger partial charge >= 0.3 is 0 Å². The van der Waals surface area contributed by atoms with Gasteiger partial charge in [0, 0.05) is 10.7 Å². The van der Waals surface area contributed by atoms with Crippen molar-refractivity contribution in [1.29, 1.82) is 5.26 Å². The third-order valence-electron chi connectivity index (χ3n) is 4.29. The molecular formula is C18H11Cl3N4O2. The molecule has 0 bridgehead atoms. The van der Waals surface area contributed by atoms with Crippen LogP contribution in [0.3, 0.4) is 0 Å². The van der Waals surface area contributed by atoms with Crippen LogP contribution in [0.4, 0.5) is 0 Å². The highest BCUT2D eigenvalue weighted by molar-refractivity contribution is 6.41. The molecule has 0 radical (unpaired) electrons. The van der Waals surface area contributed by atoms with Crippen molar-refractivity contribution in [3.05, 3.63) is 67.8 Å². The van der Waals surface area contributed by atoms with E-state index in [9.17, 15) is 5.26 Å². The summed E-state index contributed by atoms with van der Waals surface area (Å²) in [6.45, 7) is 1.83. The molecule has 1 aliphatic rings. The van der Waals surface area contributed by atoms with Crippen molar-refractivity contribution < 1.29 is 9.15 Å². The summed E-state index contributed by atoms with van der Waals surface area (Å²) in [5.74, 6) is 0.676. The third-order valence-corrected chi connectivity index (χ3v) is 5.11. The van der Waals surface area contributed by atoms with Crippen LogP contribution in [-0.4, -0.2) is 10.2 Å². The quantitative estimate of drug-likeness (QED) is 0.595. The van der Waals surface area contributed by atoms with Crippen LogP contribution in [0.2, 0.25) is 15.1 Å². The molecule has 1 atom stereocenters. The van der Waals surface area contributed by atoms with E-state index in [2.05, 4.69) is 16.3 Å². The van der Waals surface area contributed by atoms with Gasteiger partial charge in [-0.15, -0.1) is 5.10 Å². The number of nitrogens with zero attached hydrogens (tertiary/aromatic N) is 2. The van der Waals surface area contributed by atoms with Crippen molar-refractivity contribution in [3.8, 4) is 23.3 Å². The Morgan fingerprint density at radius 2 is 1.93 bits per heavy atom. The van der Waals surface area contributed by atoms with E-state index in [1.165, 1.54) is 0 Å². The molecule has 1 aromatic carbocycles. The molecule has 0 fully saturated rings. The van der Waals surface area contributed by atoms with E-state index in [4.69, 9.17) is 49.7 Å². The van der Waals surface area contributed by atoms with Crippen LogP contribution in [0.15, 0.2) is 40.1 Å². The molecule has 2 aromatic heterocycles. The maximum Gasteiger partial charge on any atom is 0.244 e. The molecule has 0 saturated heterocycles. The maximum absolute atomic E-state index is 9.59. The third kappa shape index (κ3) is 2.85. The minimum atomic E-state index is -0.559. The largest absolute Gasteiger partial charge is 0.460 e. The first-order valence-electron chi connectivity index (χ1n) is 7.77. The Morgan fingerprint density at radius 3 is 2.59 bits per heavy atom. The number of benzene rings is 1. The van der Waals surface area contributed by atoms with Gasteiger partial charge in [-0.05, 0) is 31.2 Å². The van der Waals surface area contributed by atoms with E-state index in [1.54, 1.807) is 24.3 Å². The van der Waals surface area contributed by atoms with Gasteiger partial charge < -0.3 is 14.9 Å². The monoisotopic (exact) mass is 420 g/mol. The number of fused-ring (bicyclic) bond motifs is 1. The molecule has 4 rings (SSSR count). The molecule has 3 N–H and O–H groups in total. The lowest BCUT2D eigenvalue weighted by Gasteiger charge is -2.21. The number of halogens is 3. The van der Waals surface area contributed by atoms with Crippen LogP contribution in [0.5, 0.6) is 5.88 Å². The van der Waals surface area contributed by atoms with Crippen molar-refractivity contribution in [3.63, 3.8) is 0 Å². The summed E-state index contributed by atoms with van der Waals surface area (Å²) in [4.78, 5) is 0. The summed E-state index contributed by atoms with van der Waals surface area (Å²) in [6, 6.07) is 8.73. The first-order valence-corrected chi connectivity index (χ1v) is 8.91. The van der Waals surface area contributed by atoms with E-state index in [0.717, 1.165) is 5.69 Å². The van der Waals surface area contributed by atoms with Gasteiger partial charge in [0.1, 0.15) is 23.2 Å². The SMILES string of the molecule is Cc1[nH]nc2c1[C@@H](c1ccc(-c3c(Cl)cc(Cl)cc3Cl)o1)C(C#N)=C(N)O2. The molecule has 9 heteroatoms. The lowest BCUT2D eigenvalue weighted by molar-refractivity contribution is 0.371. The second kappa shape index (κ2) is 6.54. The van der Waals surface area contributed by atoms with E-state index in [1.807, 2.05) is 6.92 Å². The number of H-pyrrole nitrogens is 1. The smallest absolute Gasteiger partial charge is 0.244 e. The van der Waals surface area contributed by atoms with Crippen molar-refractivity contribution in [1.82, 2.24) is 10.2 Å². The number of nitrogens with one attached hydrogen (secondary N) is 1. The van der Waals surface area contributed by atoms with Crippen LogP contribution in [0.25, 0.3) is 11.3 Å². The average molecular weight is 422 g/mol. The number of hydrogen-bond donors (Lipinski definition) is 2. The average Bonchev–Trinajstić information content (AvgIpc) is 3.20. The van der Waals surface area contributed by atoms with Crippen LogP contribution in [0, 0.1) is 18.3 Å². The number of ether oxygens (including phenoxy) is 1. The second-order valence-corrected chi connectivity index (χ2v) is 7.19. The normalized spacial score (nSPS) is 16.0. The molecule has 1 aliphatic heterocycles. The molecule has 0 unspecified atom stereocenters. The number of aryl methyl sites for hydroxylation is 1. The van der Waals surface area contributed by atoms with Gasteiger partial charge in [-0.25, -0.2) is 0 Å². The standard InChI is InChI=1S/C18H11Cl3N4O2/c1-7-14-15(9(6-22)17(23)27-18(14)25-24-7)12-2-3-13(26-12)16-10(20)4-8(19)5-11(16)21/h2-5,15H,23H2,1H3,(H,24,25)/t15-/m1/s1. The van der Waals surface area contributed by atoms with E-state index in [0.29, 0.717) is 43.6 Å². The summed E-state index contributed by atoms with van der Waals surface area (Å²) in [7, 11) is 0. The van der Waals surface area contributed by atoms with E-state index >= 15 is 0 Å². The van der Waals surface area contributed by atoms with Crippen LogP contribution < -0.4 is 10.5 Å². The number of nitrogens with two attached hydrogens (primary N) is 1. The fraction of sp³-hybridized carbons (Fsp3) is 0.111. The summed E-state index contributed by atoms with van der Waals surface area (Å²) in [5, 5.41) is 17.7. The predicted molar refractivity (Wildman–Crippen MR) is 102 cm³/mol. The van der Waals surface area contributed by atoms with Gasteiger partial charge in [0.15, 0.2) is 0 Å². The van der Waals surface area contributed by atoms with Crippen molar-refractivity contribution in [2.45, 2.75) is 12.8 Å². The van der Waals surface area contributed by atoms with Gasteiger partial charge in [0.25, 0.3) is 0 Å². The molecule has 136 valence electrons. The van der Waals surface area contributed by atoms with Gasteiger partial charge in [-0.3, -0.25) is 5.10 Å². The first-order chi connectivity index (χ1) is 12.9. The van der Waals surface area contributed by atoms with Crippen molar-refractivity contribution >= 4 is 34.8 Å². The number of aromatic amines is 1. The zero-order valence-corrected chi connectivity index (χ0v) is 16.1. The van der Waals surface area contributed by atoms with Crippen LogP contribution >= 0.6 is 34.8 Å². The number of nitriles is 1. The number of furan rings is 1. The zero-order chi connectivity index (χ0) is 19.3. The summed E-state index contributed by atoms with van der Waals surface area (Å²) in [5.41, 5.74) is 8.09. The Labute approximate surface area is 169 Å². The molecule has 6 nitrogen and oxygen atoms in total. The van der Waals surface area contributed by atoms with Crippen LogP contribution in [0.1, 0.15) is 22.9 Å². The highest BCUT2D eigenvalue weighted by Crippen LogP contribution is 2.45. The van der Waals surface area contributed by atoms with Crippen molar-refractivity contribution in [2.24, 2.45) is 5.73 Å². The highest BCUT2D eigenvalue weighted by atomic mass is 35.5. The molecule has 0 aliphatic carbocycles. The lowest BCUT2D eigenvalue weighted by Crippen LogP contribution is -2.20. The van der Waals surface area contributed by atoms with E-state index < -0.39 is 5.92 Å². The van der Waals surface area contributed by atoms with Crippen molar-refractivity contribution in [2.75, 3.05) is 0 Å². The number of allylic oxidation sites excluding steroid dienone is 1. The Balaban J connectivity index is 1.87. The second-order valence-electron chi connectivity index (χ2n) is 5.94. The Kier molecular flexibility index (Phi) is 4.31. The Hall–Kier alpha value is -2.59. The number of rotatable bonds is 2. The van der Waals surface area contributed by atoms with Gasteiger partial charge in [0.2, 0.25) is 11.8 Å². The summed E-state index contributed by atoms with van der Waals surface area (Å²) >= 11 is 18.5. The fourth-order valence-electron chi connectivity index (χ4n) is 3.10. The molecule has 0 spiro atoms. The van der Waals surface area contributed by atoms with Crippen LogP contribution in [-0.2, 0) is 0 Å². The minimum Gasteiger partial charge on any atom is -0.460 e. The number of hydrogen-bond acceptors (Lipinski definition) is 5. The molecule has 27 heavy (non-hydrogen) atoms. The van der Waals surface area contributed by atoms with E-state index in [-0.39, 0.29) is 11.5 Å². The fourth-order valence-corrected chi connectivity index (χ4v) is 4.11. The van der Waals surface area contributed by atoms with Gasteiger partial charge in [0.05, 0.1) is 27.1 Å². The minimum absolute atomic E-state index is 0.0120. The Morgan fingerprint density at radius 1 is 1.22 bits per heavy atom. The summed E-state index contributed by atoms with van der Waals surface area (Å²) < 4.78 is 11.5. The number of aromatic nitrogens is 2. The Bertz CT molecular complexity index is 1120. The molecule has 3 heterocycles. The maximum atomic E-state index is 9.59. The zero-order valence-electron chi connectivity index (χ0n) is 13.8.